The van der Waals surface area contributed by atoms with Crippen molar-refractivity contribution in [2.45, 2.75) is 12.4 Å². The Hall–Kier alpha value is -2.61. The minimum absolute atomic E-state index is 0.252. The van der Waals surface area contributed by atoms with E-state index in [0.717, 1.165) is 24.6 Å². The molecule has 0 aliphatic heterocycles. The van der Waals surface area contributed by atoms with Crippen molar-refractivity contribution in [2.24, 2.45) is 0 Å². The second-order valence-corrected chi connectivity index (χ2v) is 6.85. The molecule has 0 aliphatic carbocycles. The van der Waals surface area contributed by atoms with Gasteiger partial charge in [-0.1, -0.05) is 54.6 Å². The van der Waals surface area contributed by atoms with Gasteiger partial charge in [0.2, 0.25) is 5.91 Å². The lowest BCUT2D eigenvalue weighted by molar-refractivity contribution is -0.115. The van der Waals surface area contributed by atoms with E-state index in [2.05, 4.69) is 0 Å². The number of anilines is 1. The highest BCUT2D eigenvalue weighted by atomic mass is 32.2. The summed E-state index contributed by atoms with van der Waals surface area (Å²) in [6.45, 7) is 0.756. The average Bonchev–Trinajstić information content (AvgIpc) is 2.53. The Kier molecular flexibility index (Phi) is 5.32. The maximum Gasteiger partial charge on any atom is 0.517 e. The van der Waals surface area contributed by atoms with Crippen LogP contribution in [0.3, 0.4) is 0 Å². The van der Waals surface area contributed by atoms with Crippen LogP contribution in [0, 0.1) is 0 Å². The monoisotopic (exact) mass is 369 g/mol. The average molecular weight is 369 g/mol. The third-order valence-corrected chi connectivity index (χ3v) is 4.75. The molecule has 2 aromatic rings. The van der Waals surface area contributed by atoms with Crippen LogP contribution in [0.1, 0.15) is 18.1 Å². The summed E-state index contributed by atoms with van der Waals surface area (Å²) in [7, 11) is -5.79. The molecule has 0 atom stereocenters. The van der Waals surface area contributed by atoms with E-state index in [4.69, 9.17) is 0 Å². The Bertz CT molecular complexity index is 874. The van der Waals surface area contributed by atoms with Gasteiger partial charge in [0.25, 0.3) is 0 Å². The number of alkyl halides is 3. The summed E-state index contributed by atoms with van der Waals surface area (Å²) < 4.78 is 61.0. The number of carbonyl (C=O) groups is 1. The molecule has 0 spiro atoms. The van der Waals surface area contributed by atoms with Crippen molar-refractivity contribution in [2.75, 3.05) is 4.31 Å². The smallest absolute Gasteiger partial charge is 0.274 e. The van der Waals surface area contributed by atoms with Crippen molar-refractivity contribution in [1.82, 2.24) is 0 Å². The molecule has 0 N–H and O–H groups in total. The number of halogens is 3. The standard InChI is InChI=1S/C17H14F3NO3S/c1-13(22)21(25(23,24)17(18,19)20)16-11-9-15(10-12-16)8-7-14-5-3-2-4-6-14/h2-12H,1H3. The van der Waals surface area contributed by atoms with Gasteiger partial charge in [0.05, 0.1) is 5.69 Å². The summed E-state index contributed by atoms with van der Waals surface area (Å²) in [5.74, 6) is -1.25. The van der Waals surface area contributed by atoms with Gasteiger partial charge >= 0.3 is 15.5 Å². The maximum absolute atomic E-state index is 12.7. The molecule has 0 fully saturated rings. The second kappa shape index (κ2) is 7.10. The Morgan fingerprint density at radius 2 is 1.40 bits per heavy atom. The topological polar surface area (TPSA) is 54.5 Å². The lowest BCUT2D eigenvalue weighted by Crippen LogP contribution is -2.43. The fourth-order valence-electron chi connectivity index (χ4n) is 2.07. The fraction of sp³-hybridized carbons (Fsp3) is 0.118. The van der Waals surface area contributed by atoms with Crippen molar-refractivity contribution < 1.29 is 26.4 Å². The zero-order valence-corrected chi connectivity index (χ0v) is 13.9. The van der Waals surface area contributed by atoms with Gasteiger partial charge < -0.3 is 0 Å². The number of amides is 1. The van der Waals surface area contributed by atoms with Gasteiger partial charge in [-0.3, -0.25) is 4.79 Å². The normalized spacial score (nSPS) is 12.3. The fourth-order valence-corrected chi connectivity index (χ4v) is 3.02. The van der Waals surface area contributed by atoms with E-state index >= 15 is 0 Å². The van der Waals surface area contributed by atoms with Crippen LogP contribution in [0.5, 0.6) is 0 Å². The lowest BCUT2D eigenvalue weighted by Gasteiger charge is -2.22. The van der Waals surface area contributed by atoms with Crippen LogP contribution in [0.4, 0.5) is 18.9 Å². The van der Waals surface area contributed by atoms with E-state index in [9.17, 15) is 26.4 Å². The number of rotatable bonds is 4. The molecular formula is C17H14F3NO3S. The molecular weight excluding hydrogens is 355 g/mol. The highest BCUT2D eigenvalue weighted by Gasteiger charge is 2.51. The quantitative estimate of drug-likeness (QED) is 0.764. The molecule has 0 radical (unpaired) electrons. The minimum Gasteiger partial charge on any atom is -0.274 e. The number of benzene rings is 2. The summed E-state index contributed by atoms with van der Waals surface area (Å²) in [6.07, 6.45) is 3.51. The highest BCUT2D eigenvalue weighted by Crippen LogP contribution is 2.31. The molecule has 0 saturated heterocycles. The maximum atomic E-state index is 12.7. The van der Waals surface area contributed by atoms with Gasteiger partial charge in [-0.2, -0.15) is 25.9 Å². The second-order valence-electron chi connectivity index (χ2n) is 5.07. The van der Waals surface area contributed by atoms with Crippen LogP contribution < -0.4 is 4.31 Å². The van der Waals surface area contributed by atoms with Gasteiger partial charge in [-0.25, -0.2) is 0 Å². The van der Waals surface area contributed by atoms with Crippen molar-refractivity contribution in [3.63, 3.8) is 0 Å². The zero-order valence-electron chi connectivity index (χ0n) is 13.1. The van der Waals surface area contributed by atoms with Crippen LogP contribution in [0.15, 0.2) is 54.6 Å². The molecule has 2 rings (SSSR count). The number of carbonyl (C=O) groups excluding carboxylic acids is 1. The van der Waals surface area contributed by atoms with Gasteiger partial charge in [-0.15, -0.1) is 0 Å². The molecule has 0 aromatic heterocycles. The summed E-state index contributed by atoms with van der Waals surface area (Å²) in [4.78, 5) is 11.5. The molecule has 0 saturated carbocycles. The lowest BCUT2D eigenvalue weighted by atomic mass is 10.1. The molecule has 132 valence electrons. The molecule has 0 aliphatic rings. The number of hydrogen-bond acceptors (Lipinski definition) is 3. The molecule has 25 heavy (non-hydrogen) atoms. The molecule has 1 amide bonds. The van der Waals surface area contributed by atoms with Crippen LogP contribution in [0.2, 0.25) is 0 Å². The SMILES string of the molecule is CC(=O)N(c1ccc(C=Cc2ccccc2)cc1)S(=O)(=O)C(F)(F)F. The summed E-state index contributed by atoms with van der Waals surface area (Å²) in [5.41, 5.74) is -4.37. The van der Waals surface area contributed by atoms with E-state index in [0.29, 0.717) is 5.56 Å². The first kappa shape index (κ1) is 18.7. The molecule has 4 nitrogen and oxygen atoms in total. The van der Waals surface area contributed by atoms with E-state index in [1.165, 1.54) is 12.1 Å². The molecule has 0 heterocycles. The Labute approximate surface area is 143 Å². The Morgan fingerprint density at radius 1 is 0.920 bits per heavy atom. The van der Waals surface area contributed by atoms with E-state index in [1.807, 2.05) is 30.3 Å². The van der Waals surface area contributed by atoms with Gasteiger partial charge in [0.1, 0.15) is 0 Å². The molecule has 2 aromatic carbocycles. The zero-order chi connectivity index (χ0) is 18.7. The predicted octanol–water partition coefficient (Wildman–Crippen LogP) is 4.06. The van der Waals surface area contributed by atoms with Gasteiger partial charge in [0.15, 0.2) is 0 Å². The Morgan fingerprint density at radius 3 is 1.84 bits per heavy atom. The van der Waals surface area contributed by atoms with Crippen molar-refractivity contribution >= 4 is 33.8 Å². The first-order valence-corrected chi connectivity index (χ1v) is 8.52. The highest BCUT2D eigenvalue weighted by molar-refractivity contribution is 7.94. The summed E-state index contributed by atoms with van der Waals surface area (Å²) in [5, 5.41) is 0. The van der Waals surface area contributed by atoms with Crippen molar-refractivity contribution in [1.29, 1.82) is 0 Å². The van der Waals surface area contributed by atoms with Gasteiger partial charge in [0, 0.05) is 6.92 Å². The molecule has 0 unspecified atom stereocenters. The minimum atomic E-state index is -5.79. The number of hydrogen-bond donors (Lipinski definition) is 0. The van der Waals surface area contributed by atoms with Gasteiger partial charge in [-0.05, 0) is 23.3 Å². The summed E-state index contributed by atoms with van der Waals surface area (Å²) >= 11 is 0. The van der Waals surface area contributed by atoms with Crippen LogP contribution in [-0.4, -0.2) is 19.8 Å². The van der Waals surface area contributed by atoms with Crippen LogP contribution >= 0.6 is 0 Å². The Balaban J connectivity index is 2.31. The first-order chi connectivity index (χ1) is 11.6. The third kappa shape index (κ3) is 4.27. The van der Waals surface area contributed by atoms with Crippen LogP contribution in [-0.2, 0) is 14.8 Å². The number of sulfonamides is 1. The van der Waals surface area contributed by atoms with Crippen molar-refractivity contribution in [3.8, 4) is 0 Å². The molecule has 0 bridgehead atoms. The largest absolute Gasteiger partial charge is 0.517 e. The third-order valence-electron chi connectivity index (χ3n) is 3.21. The first-order valence-electron chi connectivity index (χ1n) is 7.08. The van der Waals surface area contributed by atoms with Crippen molar-refractivity contribution in [3.05, 3.63) is 65.7 Å². The van der Waals surface area contributed by atoms with E-state index in [1.54, 1.807) is 12.2 Å². The summed E-state index contributed by atoms with van der Waals surface area (Å²) in [6, 6.07) is 14.5. The van der Waals surface area contributed by atoms with E-state index in [-0.39, 0.29) is 9.99 Å². The van der Waals surface area contributed by atoms with Crippen LogP contribution in [0.25, 0.3) is 12.2 Å². The van der Waals surface area contributed by atoms with E-state index < -0.39 is 21.4 Å². The molecule has 8 heteroatoms. The number of nitrogens with zero attached hydrogens (tertiary/aromatic N) is 1. The predicted molar refractivity (Wildman–Crippen MR) is 89.9 cm³/mol.